The first-order valence-electron chi connectivity index (χ1n) is 9.24. The number of carbonyl (C=O) groups is 1. The molecule has 0 aliphatic carbocycles. The molecule has 3 aromatic rings. The standard InChI is InChI=1S/C18H20FN9OS/c1-3-21-15-24-16(22-4-2)28-17(25-15)26-27-18(28)30-10-14(29)23-13(9-20)11-7-5-6-8-12(11)19/h5-8,13H,3-4,10H2,1-2H3,(H,23,29)(H2,21,22,24,25,26). The van der Waals surface area contributed by atoms with E-state index in [-0.39, 0.29) is 11.3 Å². The highest BCUT2D eigenvalue weighted by atomic mass is 32.2. The minimum absolute atomic E-state index is 0.0477. The predicted octanol–water partition coefficient (Wildman–Crippen LogP) is 2.00. The van der Waals surface area contributed by atoms with Gasteiger partial charge in [-0.1, -0.05) is 30.0 Å². The van der Waals surface area contributed by atoms with Crippen molar-refractivity contribution in [2.45, 2.75) is 25.0 Å². The molecule has 12 heteroatoms. The van der Waals surface area contributed by atoms with Crippen LogP contribution in [0.15, 0.2) is 29.4 Å². The van der Waals surface area contributed by atoms with Crippen molar-refractivity contribution in [1.82, 2.24) is 29.9 Å². The van der Waals surface area contributed by atoms with E-state index in [0.717, 1.165) is 11.8 Å². The number of nitrogens with zero attached hydrogens (tertiary/aromatic N) is 6. The maximum Gasteiger partial charge on any atom is 0.261 e. The van der Waals surface area contributed by atoms with Gasteiger partial charge in [0.1, 0.15) is 11.9 Å². The third kappa shape index (κ3) is 4.74. The summed E-state index contributed by atoms with van der Waals surface area (Å²) in [6, 6.07) is 6.65. The Bertz CT molecular complexity index is 1080. The van der Waals surface area contributed by atoms with E-state index in [9.17, 15) is 14.4 Å². The summed E-state index contributed by atoms with van der Waals surface area (Å²) < 4.78 is 15.5. The summed E-state index contributed by atoms with van der Waals surface area (Å²) in [5.74, 6) is 0.206. The number of nitrogens with one attached hydrogen (secondary N) is 3. The monoisotopic (exact) mass is 429 g/mol. The van der Waals surface area contributed by atoms with Gasteiger partial charge in [-0.2, -0.15) is 15.2 Å². The topological polar surface area (TPSA) is 133 Å². The molecule has 1 unspecified atom stereocenters. The summed E-state index contributed by atoms with van der Waals surface area (Å²) in [6.07, 6.45) is 0. The van der Waals surface area contributed by atoms with E-state index in [2.05, 4.69) is 36.1 Å². The number of benzene rings is 1. The summed E-state index contributed by atoms with van der Waals surface area (Å²) in [5.41, 5.74) is 0.116. The summed E-state index contributed by atoms with van der Waals surface area (Å²) in [7, 11) is 0. The minimum atomic E-state index is -1.09. The second-order valence-corrected chi connectivity index (χ2v) is 6.93. The van der Waals surface area contributed by atoms with Gasteiger partial charge in [0.2, 0.25) is 17.8 Å². The van der Waals surface area contributed by atoms with E-state index < -0.39 is 17.8 Å². The van der Waals surface area contributed by atoms with Gasteiger partial charge in [-0.05, 0) is 19.9 Å². The Kier molecular flexibility index (Phi) is 6.97. The van der Waals surface area contributed by atoms with Crippen molar-refractivity contribution in [3.63, 3.8) is 0 Å². The molecule has 0 aliphatic rings. The third-order valence-electron chi connectivity index (χ3n) is 3.90. The molecule has 0 spiro atoms. The Morgan fingerprint density at radius 2 is 2.00 bits per heavy atom. The highest BCUT2D eigenvalue weighted by Gasteiger charge is 2.19. The first-order chi connectivity index (χ1) is 14.6. The zero-order valence-electron chi connectivity index (χ0n) is 16.4. The van der Waals surface area contributed by atoms with Crippen LogP contribution in [0.5, 0.6) is 0 Å². The van der Waals surface area contributed by atoms with Crippen LogP contribution < -0.4 is 16.0 Å². The number of aromatic nitrogens is 5. The van der Waals surface area contributed by atoms with Crippen molar-refractivity contribution >= 4 is 35.3 Å². The Labute approximate surface area is 176 Å². The summed E-state index contributed by atoms with van der Waals surface area (Å²) >= 11 is 1.11. The van der Waals surface area contributed by atoms with Crippen LogP contribution in [0.1, 0.15) is 25.5 Å². The maximum absolute atomic E-state index is 13.9. The van der Waals surface area contributed by atoms with Gasteiger partial charge in [0, 0.05) is 18.7 Å². The Hall–Kier alpha value is -3.46. The fraction of sp³-hybridized carbons (Fsp3) is 0.333. The van der Waals surface area contributed by atoms with Gasteiger partial charge in [0.25, 0.3) is 5.78 Å². The van der Waals surface area contributed by atoms with E-state index in [0.29, 0.717) is 35.9 Å². The van der Waals surface area contributed by atoms with E-state index in [1.165, 1.54) is 18.2 Å². The van der Waals surface area contributed by atoms with Crippen molar-refractivity contribution in [1.29, 1.82) is 5.26 Å². The third-order valence-corrected chi connectivity index (χ3v) is 4.83. The van der Waals surface area contributed by atoms with Gasteiger partial charge in [0.15, 0.2) is 5.16 Å². The van der Waals surface area contributed by atoms with Gasteiger partial charge in [-0.3, -0.25) is 4.79 Å². The highest BCUT2D eigenvalue weighted by molar-refractivity contribution is 7.99. The van der Waals surface area contributed by atoms with Crippen LogP contribution in [-0.2, 0) is 4.79 Å². The molecule has 1 aromatic carbocycles. The normalized spacial score (nSPS) is 11.7. The molecule has 1 atom stereocenters. The molecule has 10 nitrogen and oxygen atoms in total. The minimum Gasteiger partial charge on any atom is -0.355 e. The lowest BCUT2D eigenvalue weighted by atomic mass is 10.1. The second kappa shape index (κ2) is 9.84. The maximum atomic E-state index is 13.9. The van der Waals surface area contributed by atoms with Crippen molar-refractivity contribution in [3.05, 3.63) is 35.6 Å². The number of hydrogen-bond donors (Lipinski definition) is 3. The molecule has 3 rings (SSSR count). The summed E-state index contributed by atoms with van der Waals surface area (Å²) in [5, 5.41) is 26.5. The van der Waals surface area contributed by atoms with Crippen molar-refractivity contribution in [3.8, 4) is 6.07 Å². The quantitative estimate of drug-likeness (QED) is 0.437. The molecular formula is C18H20FN9OS. The number of anilines is 2. The van der Waals surface area contributed by atoms with Crippen molar-refractivity contribution in [2.75, 3.05) is 29.5 Å². The number of halogens is 1. The molecule has 0 radical (unpaired) electrons. The fourth-order valence-corrected chi connectivity index (χ4v) is 3.36. The van der Waals surface area contributed by atoms with E-state index in [1.54, 1.807) is 10.5 Å². The van der Waals surface area contributed by atoms with Crippen LogP contribution in [0.25, 0.3) is 5.78 Å². The zero-order chi connectivity index (χ0) is 21.5. The largest absolute Gasteiger partial charge is 0.355 e. The van der Waals surface area contributed by atoms with Gasteiger partial charge >= 0.3 is 0 Å². The molecule has 2 heterocycles. The molecule has 0 aliphatic heterocycles. The lowest BCUT2D eigenvalue weighted by molar-refractivity contribution is -0.118. The Morgan fingerprint density at radius 3 is 2.70 bits per heavy atom. The van der Waals surface area contributed by atoms with Crippen LogP contribution in [0.3, 0.4) is 0 Å². The lowest BCUT2D eigenvalue weighted by Gasteiger charge is -2.12. The molecule has 156 valence electrons. The number of hydrogen-bond acceptors (Lipinski definition) is 9. The molecule has 30 heavy (non-hydrogen) atoms. The van der Waals surface area contributed by atoms with E-state index in [1.807, 2.05) is 19.9 Å². The number of amides is 1. The zero-order valence-corrected chi connectivity index (χ0v) is 17.2. The van der Waals surface area contributed by atoms with Gasteiger partial charge in [0.05, 0.1) is 11.8 Å². The number of rotatable bonds is 9. The SMILES string of the molecule is CCNc1nc(NCC)n2c(SCC(=O)NC(C#N)c3ccccc3F)nnc2n1. The first-order valence-corrected chi connectivity index (χ1v) is 10.2. The molecule has 2 aromatic heterocycles. The van der Waals surface area contributed by atoms with Gasteiger partial charge in [-0.25, -0.2) is 8.79 Å². The molecule has 0 saturated heterocycles. The molecule has 0 saturated carbocycles. The van der Waals surface area contributed by atoms with Gasteiger partial charge < -0.3 is 16.0 Å². The molecule has 0 bridgehead atoms. The molecule has 1 amide bonds. The molecule has 3 N–H and O–H groups in total. The predicted molar refractivity (Wildman–Crippen MR) is 111 cm³/mol. The Morgan fingerprint density at radius 1 is 1.23 bits per heavy atom. The second-order valence-electron chi connectivity index (χ2n) is 5.99. The summed E-state index contributed by atoms with van der Waals surface area (Å²) in [4.78, 5) is 21.1. The van der Waals surface area contributed by atoms with Crippen LogP contribution in [0.4, 0.5) is 16.3 Å². The van der Waals surface area contributed by atoms with E-state index >= 15 is 0 Å². The smallest absolute Gasteiger partial charge is 0.261 e. The fourth-order valence-electron chi connectivity index (χ4n) is 2.62. The average Bonchev–Trinajstić information content (AvgIpc) is 3.15. The number of thioether (sulfide) groups is 1. The molecular weight excluding hydrogens is 409 g/mol. The Balaban J connectivity index is 1.74. The van der Waals surface area contributed by atoms with Gasteiger partial charge in [-0.15, -0.1) is 10.2 Å². The van der Waals surface area contributed by atoms with Crippen LogP contribution in [-0.4, -0.2) is 49.3 Å². The first kappa shape index (κ1) is 21.3. The number of nitriles is 1. The number of fused-ring (bicyclic) bond motifs is 1. The van der Waals surface area contributed by atoms with Crippen LogP contribution in [0, 0.1) is 17.1 Å². The van der Waals surface area contributed by atoms with E-state index in [4.69, 9.17) is 0 Å². The highest BCUT2D eigenvalue weighted by Crippen LogP contribution is 2.22. The van der Waals surface area contributed by atoms with Crippen molar-refractivity contribution < 1.29 is 9.18 Å². The lowest BCUT2D eigenvalue weighted by Crippen LogP contribution is -2.29. The van der Waals surface area contributed by atoms with Crippen LogP contribution >= 0.6 is 11.8 Å². The van der Waals surface area contributed by atoms with Crippen molar-refractivity contribution in [2.24, 2.45) is 0 Å². The number of carbonyl (C=O) groups excluding carboxylic acids is 1. The van der Waals surface area contributed by atoms with Crippen LogP contribution in [0.2, 0.25) is 0 Å². The summed E-state index contributed by atoms with van der Waals surface area (Å²) in [6.45, 7) is 5.13. The molecule has 0 fully saturated rings. The average molecular weight is 429 g/mol.